The molecular weight excluding hydrogens is 332 g/mol. The van der Waals surface area contributed by atoms with E-state index < -0.39 is 0 Å². The lowest BCUT2D eigenvalue weighted by molar-refractivity contribution is 0.0899. The number of nitrogens with zero attached hydrogens (tertiary/aromatic N) is 1. The van der Waals surface area contributed by atoms with E-state index in [1.54, 1.807) is 0 Å². The topological polar surface area (TPSA) is 54.3 Å². The fraction of sp³-hybridized carbons (Fsp3) is 0.688. The zero-order valence-corrected chi connectivity index (χ0v) is 14.4. The molecular formula is C16H25BrN2O2. The summed E-state index contributed by atoms with van der Waals surface area (Å²) in [7, 11) is 0. The van der Waals surface area contributed by atoms with Crippen LogP contribution in [0.4, 0.5) is 0 Å². The monoisotopic (exact) mass is 356 g/mol. The van der Waals surface area contributed by atoms with E-state index in [1.165, 1.54) is 12.8 Å². The molecule has 0 aromatic carbocycles. The molecule has 1 fully saturated rings. The van der Waals surface area contributed by atoms with Gasteiger partial charge in [0, 0.05) is 29.9 Å². The Morgan fingerprint density at radius 2 is 2.10 bits per heavy atom. The van der Waals surface area contributed by atoms with Gasteiger partial charge in [-0.05, 0) is 60.5 Å². The van der Waals surface area contributed by atoms with Gasteiger partial charge in [0.15, 0.2) is 0 Å². The lowest BCUT2D eigenvalue weighted by atomic mass is 9.79. The van der Waals surface area contributed by atoms with E-state index >= 15 is 0 Å². The first-order valence-electron chi connectivity index (χ1n) is 7.79. The van der Waals surface area contributed by atoms with Crippen LogP contribution in [0.1, 0.15) is 56.1 Å². The lowest BCUT2D eigenvalue weighted by Crippen LogP contribution is -2.36. The fourth-order valence-electron chi connectivity index (χ4n) is 3.16. The van der Waals surface area contributed by atoms with E-state index in [0.717, 1.165) is 17.3 Å². The van der Waals surface area contributed by atoms with Crippen molar-refractivity contribution < 1.29 is 9.90 Å². The van der Waals surface area contributed by atoms with Crippen molar-refractivity contribution in [2.75, 3.05) is 13.2 Å². The number of amides is 1. The van der Waals surface area contributed by atoms with Crippen LogP contribution in [0.15, 0.2) is 16.7 Å². The van der Waals surface area contributed by atoms with Crippen molar-refractivity contribution >= 4 is 21.8 Å². The number of rotatable bonds is 5. The van der Waals surface area contributed by atoms with Gasteiger partial charge in [-0.15, -0.1) is 0 Å². The van der Waals surface area contributed by atoms with Crippen LogP contribution in [0.25, 0.3) is 0 Å². The van der Waals surface area contributed by atoms with E-state index in [9.17, 15) is 9.90 Å². The highest BCUT2D eigenvalue weighted by Gasteiger charge is 2.25. The van der Waals surface area contributed by atoms with Crippen LogP contribution in [0.2, 0.25) is 0 Å². The Kier molecular flexibility index (Phi) is 5.88. The van der Waals surface area contributed by atoms with E-state index in [0.29, 0.717) is 24.1 Å². The van der Waals surface area contributed by atoms with Gasteiger partial charge in [-0.1, -0.05) is 12.8 Å². The van der Waals surface area contributed by atoms with Gasteiger partial charge in [0.25, 0.3) is 5.91 Å². The third-order valence-corrected chi connectivity index (χ3v) is 4.86. The highest BCUT2D eigenvalue weighted by atomic mass is 79.9. The Morgan fingerprint density at radius 3 is 2.71 bits per heavy atom. The molecule has 2 N–H and O–H groups in total. The maximum Gasteiger partial charge on any atom is 0.267 e. The molecule has 0 aliphatic heterocycles. The number of hydrogen-bond donors (Lipinski definition) is 2. The number of carbonyl (C=O) groups is 1. The smallest absolute Gasteiger partial charge is 0.267 e. The van der Waals surface area contributed by atoms with E-state index in [-0.39, 0.29) is 18.6 Å². The maximum absolute atomic E-state index is 12.4. The number of aliphatic hydroxyl groups excluding tert-OH is 1. The molecule has 1 aromatic heterocycles. The van der Waals surface area contributed by atoms with Gasteiger partial charge < -0.3 is 15.0 Å². The van der Waals surface area contributed by atoms with Gasteiger partial charge in [0.05, 0.1) is 0 Å². The average Bonchev–Trinajstić information content (AvgIpc) is 2.87. The minimum absolute atomic E-state index is 0.0309. The van der Waals surface area contributed by atoms with Gasteiger partial charge in [-0.25, -0.2) is 0 Å². The molecule has 1 amide bonds. The minimum atomic E-state index is -0.0309. The van der Waals surface area contributed by atoms with Crippen molar-refractivity contribution in [3.8, 4) is 0 Å². The van der Waals surface area contributed by atoms with Crippen molar-refractivity contribution in [1.29, 1.82) is 0 Å². The van der Waals surface area contributed by atoms with Crippen molar-refractivity contribution in [3.63, 3.8) is 0 Å². The van der Waals surface area contributed by atoms with Crippen molar-refractivity contribution in [2.24, 2.45) is 11.8 Å². The molecule has 0 saturated heterocycles. The summed E-state index contributed by atoms with van der Waals surface area (Å²) in [5.74, 6) is 0.706. The first-order chi connectivity index (χ1) is 10.0. The summed E-state index contributed by atoms with van der Waals surface area (Å²) < 4.78 is 2.90. The summed E-state index contributed by atoms with van der Waals surface area (Å²) >= 11 is 3.43. The number of carbonyl (C=O) groups excluding carboxylic acids is 1. The Hall–Kier alpha value is -0.810. The van der Waals surface area contributed by atoms with Crippen LogP contribution < -0.4 is 5.32 Å². The van der Waals surface area contributed by atoms with Crippen LogP contribution in [0.5, 0.6) is 0 Å². The van der Waals surface area contributed by atoms with Crippen molar-refractivity contribution in [1.82, 2.24) is 9.88 Å². The number of halogens is 1. The van der Waals surface area contributed by atoms with Crippen LogP contribution >= 0.6 is 15.9 Å². The van der Waals surface area contributed by atoms with Gasteiger partial charge in [-0.3, -0.25) is 4.79 Å². The van der Waals surface area contributed by atoms with Crippen LogP contribution in [-0.4, -0.2) is 28.7 Å². The van der Waals surface area contributed by atoms with E-state index in [2.05, 4.69) is 35.1 Å². The first kappa shape index (κ1) is 16.6. The molecule has 0 radical (unpaired) electrons. The Balaban J connectivity index is 1.98. The molecule has 1 aliphatic carbocycles. The molecule has 1 aliphatic rings. The van der Waals surface area contributed by atoms with E-state index in [1.807, 2.05) is 16.8 Å². The molecule has 0 spiro atoms. The minimum Gasteiger partial charge on any atom is -0.396 e. The number of nitrogens with one attached hydrogen (secondary N) is 1. The van der Waals surface area contributed by atoms with Crippen LogP contribution in [-0.2, 0) is 0 Å². The predicted molar refractivity (Wildman–Crippen MR) is 87.4 cm³/mol. The molecule has 1 heterocycles. The highest BCUT2D eigenvalue weighted by molar-refractivity contribution is 9.10. The molecule has 2 unspecified atom stereocenters. The molecule has 1 saturated carbocycles. The van der Waals surface area contributed by atoms with Crippen LogP contribution in [0.3, 0.4) is 0 Å². The number of aromatic nitrogens is 1. The summed E-state index contributed by atoms with van der Waals surface area (Å²) in [6, 6.07) is 2.11. The molecule has 118 valence electrons. The predicted octanol–water partition coefficient (Wildman–Crippen LogP) is 3.36. The van der Waals surface area contributed by atoms with Gasteiger partial charge in [-0.2, -0.15) is 0 Å². The second kappa shape index (κ2) is 7.45. The standard InChI is InChI=1S/C16H25BrN2O2/c1-11(2)19-9-14(17)7-15(19)16(21)18-8-12-5-3-4-6-13(12)10-20/h7,9,11-13,20H,3-6,8,10H2,1-2H3,(H,18,21). The summed E-state index contributed by atoms with van der Waals surface area (Å²) in [5.41, 5.74) is 0.688. The Labute approximate surface area is 135 Å². The highest BCUT2D eigenvalue weighted by Crippen LogP contribution is 2.29. The Bertz CT molecular complexity index is 485. The van der Waals surface area contributed by atoms with Crippen molar-refractivity contribution in [2.45, 2.75) is 45.6 Å². The zero-order valence-electron chi connectivity index (χ0n) is 12.8. The first-order valence-corrected chi connectivity index (χ1v) is 8.58. The summed E-state index contributed by atoms with van der Waals surface area (Å²) in [6.45, 7) is 5.01. The summed E-state index contributed by atoms with van der Waals surface area (Å²) in [6.07, 6.45) is 6.51. The van der Waals surface area contributed by atoms with E-state index in [4.69, 9.17) is 0 Å². The SMILES string of the molecule is CC(C)n1cc(Br)cc1C(=O)NCC1CCCCC1CO. The second-order valence-corrected chi connectivity index (χ2v) is 7.16. The summed E-state index contributed by atoms with van der Waals surface area (Å²) in [5, 5.41) is 12.5. The summed E-state index contributed by atoms with van der Waals surface area (Å²) in [4.78, 5) is 12.4. The number of aliphatic hydroxyl groups is 1. The molecule has 2 atom stereocenters. The third kappa shape index (κ3) is 4.10. The maximum atomic E-state index is 12.4. The fourth-order valence-corrected chi connectivity index (χ4v) is 3.60. The normalized spacial score (nSPS) is 22.5. The average molecular weight is 357 g/mol. The van der Waals surface area contributed by atoms with Crippen LogP contribution in [0, 0.1) is 11.8 Å². The molecule has 4 nitrogen and oxygen atoms in total. The van der Waals surface area contributed by atoms with Crippen molar-refractivity contribution in [3.05, 3.63) is 22.4 Å². The molecule has 1 aromatic rings. The van der Waals surface area contributed by atoms with Gasteiger partial charge in [0.1, 0.15) is 5.69 Å². The number of hydrogen-bond acceptors (Lipinski definition) is 2. The lowest BCUT2D eigenvalue weighted by Gasteiger charge is -2.30. The van der Waals surface area contributed by atoms with Gasteiger partial charge in [0.2, 0.25) is 0 Å². The molecule has 21 heavy (non-hydrogen) atoms. The molecule has 5 heteroatoms. The molecule has 0 bridgehead atoms. The third-order valence-electron chi connectivity index (χ3n) is 4.43. The Morgan fingerprint density at radius 1 is 1.43 bits per heavy atom. The molecule has 2 rings (SSSR count). The second-order valence-electron chi connectivity index (χ2n) is 6.24. The zero-order chi connectivity index (χ0) is 15.4. The van der Waals surface area contributed by atoms with Gasteiger partial charge >= 0.3 is 0 Å². The quantitative estimate of drug-likeness (QED) is 0.849. The largest absolute Gasteiger partial charge is 0.396 e.